The molecule has 1 aliphatic rings. The van der Waals surface area contributed by atoms with Gasteiger partial charge in [-0.05, 0) is 24.1 Å². The number of nitrogens with zero attached hydrogens (tertiary/aromatic N) is 1. The lowest BCUT2D eigenvalue weighted by Gasteiger charge is -2.42. The van der Waals surface area contributed by atoms with Crippen molar-refractivity contribution in [2.24, 2.45) is 5.92 Å². The summed E-state index contributed by atoms with van der Waals surface area (Å²) in [6.07, 6.45) is 1.00. The third-order valence-corrected chi connectivity index (χ3v) is 3.81. The zero-order valence-electron chi connectivity index (χ0n) is 9.77. The number of halogens is 1. The van der Waals surface area contributed by atoms with Crippen LogP contribution in [0.3, 0.4) is 0 Å². The van der Waals surface area contributed by atoms with Crippen molar-refractivity contribution in [1.82, 2.24) is 4.90 Å². The van der Waals surface area contributed by atoms with Crippen LogP contribution in [0.4, 0.5) is 0 Å². The molecule has 0 aliphatic carbocycles. The highest BCUT2D eigenvalue weighted by atomic mass is 79.9. The van der Waals surface area contributed by atoms with Gasteiger partial charge in [0, 0.05) is 23.6 Å². The molecule has 0 bridgehead atoms. The smallest absolute Gasteiger partial charge is 0.309 e. The Balaban J connectivity index is 2.06. The first-order chi connectivity index (χ1) is 8.11. The standard InChI is InChI=1S/C13H16BrNO2/c1-2-12(9-4-3-5-11(14)6-9)15-7-10(8-15)13(16)17/h3-6,10,12H,2,7-8H2,1H3,(H,16,17). The van der Waals surface area contributed by atoms with Crippen LogP contribution in [0.25, 0.3) is 0 Å². The van der Waals surface area contributed by atoms with E-state index >= 15 is 0 Å². The summed E-state index contributed by atoms with van der Waals surface area (Å²) in [5.74, 6) is -0.860. The van der Waals surface area contributed by atoms with E-state index in [4.69, 9.17) is 5.11 Å². The van der Waals surface area contributed by atoms with E-state index in [-0.39, 0.29) is 5.92 Å². The van der Waals surface area contributed by atoms with E-state index in [0.717, 1.165) is 10.9 Å². The second kappa shape index (κ2) is 5.19. The lowest BCUT2D eigenvalue weighted by Crippen LogP contribution is -2.51. The van der Waals surface area contributed by atoms with Gasteiger partial charge in [0.05, 0.1) is 5.92 Å². The maximum absolute atomic E-state index is 10.8. The number of hydrogen-bond acceptors (Lipinski definition) is 2. The highest BCUT2D eigenvalue weighted by Crippen LogP contribution is 2.32. The molecule has 1 aromatic rings. The largest absolute Gasteiger partial charge is 0.481 e. The van der Waals surface area contributed by atoms with Crippen LogP contribution < -0.4 is 0 Å². The summed E-state index contributed by atoms with van der Waals surface area (Å²) in [5.41, 5.74) is 1.26. The van der Waals surface area contributed by atoms with Crippen molar-refractivity contribution in [1.29, 1.82) is 0 Å². The van der Waals surface area contributed by atoms with Gasteiger partial charge in [0.25, 0.3) is 0 Å². The van der Waals surface area contributed by atoms with Crippen LogP contribution in [0.5, 0.6) is 0 Å². The second-order valence-corrected chi connectivity index (χ2v) is 5.38. The van der Waals surface area contributed by atoms with Crippen molar-refractivity contribution in [3.63, 3.8) is 0 Å². The van der Waals surface area contributed by atoms with Gasteiger partial charge in [-0.15, -0.1) is 0 Å². The van der Waals surface area contributed by atoms with Crippen LogP contribution in [0.15, 0.2) is 28.7 Å². The number of benzene rings is 1. The van der Waals surface area contributed by atoms with Crippen LogP contribution in [0, 0.1) is 5.92 Å². The zero-order valence-corrected chi connectivity index (χ0v) is 11.4. The predicted octanol–water partition coefficient (Wildman–Crippen LogP) is 2.92. The molecule has 1 atom stereocenters. The number of carboxylic acids is 1. The average Bonchev–Trinajstić information content (AvgIpc) is 2.21. The molecule has 0 saturated carbocycles. The van der Waals surface area contributed by atoms with Crippen LogP contribution in [-0.4, -0.2) is 29.1 Å². The molecular formula is C13H16BrNO2. The number of carboxylic acid groups (broad SMARTS) is 1. The third-order valence-electron chi connectivity index (χ3n) is 3.32. The molecule has 92 valence electrons. The van der Waals surface area contributed by atoms with E-state index in [1.165, 1.54) is 5.56 Å². The summed E-state index contributed by atoms with van der Waals surface area (Å²) >= 11 is 3.47. The Morgan fingerprint density at radius 3 is 2.82 bits per heavy atom. The highest BCUT2D eigenvalue weighted by molar-refractivity contribution is 9.10. The monoisotopic (exact) mass is 297 g/mol. The van der Waals surface area contributed by atoms with Crippen molar-refractivity contribution in [2.45, 2.75) is 19.4 Å². The van der Waals surface area contributed by atoms with Gasteiger partial charge in [-0.3, -0.25) is 9.69 Å². The summed E-state index contributed by atoms with van der Waals surface area (Å²) in [7, 11) is 0. The van der Waals surface area contributed by atoms with Gasteiger partial charge in [0.1, 0.15) is 0 Å². The molecule has 3 nitrogen and oxygen atoms in total. The van der Waals surface area contributed by atoms with Gasteiger partial charge in [-0.2, -0.15) is 0 Å². The summed E-state index contributed by atoms with van der Waals surface area (Å²) in [5, 5.41) is 8.89. The molecule has 0 amide bonds. The molecule has 17 heavy (non-hydrogen) atoms. The molecule has 4 heteroatoms. The number of rotatable bonds is 4. The van der Waals surface area contributed by atoms with Gasteiger partial charge in [0.15, 0.2) is 0 Å². The van der Waals surface area contributed by atoms with Crippen molar-refractivity contribution in [3.8, 4) is 0 Å². The summed E-state index contributed by atoms with van der Waals surface area (Å²) in [4.78, 5) is 13.0. The lowest BCUT2D eigenvalue weighted by atomic mass is 9.93. The fraction of sp³-hybridized carbons (Fsp3) is 0.462. The normalized spacial score (nSPS) is 18.7. The quantitative estimate of drug-likeness (QED) is 0.929. The molecule has 1 saturated heterocycles. The Kier molecular flexibility index (Phi) is 3.84. The first-order valence-corrected chi connectivity index (χ1v) is 6.63. The summed E-state index contributed by atoms with van der Waals surface area (Å²) in [6.45, 7) is 3.47. The predicted molar refractivity (Wildman–Crippen MR) is 69.9 cm³/mol. The fourth-order valence-corrected chi connectivity index (χ4v) is 2.76. The molecule has 0 spiro atoms. The van der Waals surface area contributed by atoms with Crippen molar-refractivity contribution < 1.29 is 9.90 Å². The number of hydrogen-bond donors (Lipinski definition) is 1. The molecule has 1 N–H and O–H groups in total. The Labute approximate surface area is 110 Å². The highest BCUT2D eigenvalue weighted by Gasteiger charge is 2.36. The van der Waals surface area contributed by atoms with E-state index < -0.39 is 5.97 Å². The second-order valence-electron chi connectivity index (χ2n) is 4.47. The minimum absolute atomic E-state index is 0.184. The Morgan fingerprint density at radius 2 is 2.29 bits per heavy atom. The Bertz CT molecular complexity index is 416. The van der Waals surface area contributed by atoms with Gasteiger partial charge in [-0.25, -0.2) is 0 Å². The Morgan fingerprint density at radius 1 is 1.59 bits per heavy atom. The van der Waals surface area contributed by atoms with E-state index in [1.807, 2.05) is 12.1 Å². The first-order valence-electron chi connectivity index (χ1n) is 5.84. The first kappa shape index (κ1) is 12.6. The fourth-order valence-electron chi connectivity index (χ4n) is 2.34. The van der Waals surface area contributed by atoms with Crippen LogP contribution in [0.2, 0.25) is 0 Å². The minimum Gasteiger partial charge on any atom is -0.481 e. The molecule has 1 heterocycles. The lowest BCUT2D eigenvalue weighted by molar-refractivity contribution is -0.148. The average molecular weight is 298 g/mol. The summed E-state index contributed by atoms with van der Waals surface area (Å²) in [6, 6.07) is 8.58. The third kappa shape index (κ3) is 2.69. The molecule has 1 fully saturated rings. The van der Waals surface area contributed by atoms with E-state index in [1.54, 1.807) is 0 Å². The van der Waals surface area contributed by atoms with Gasteiger partial charge < -0.3 is 5.11 Å². The van der Waals surface area contributed by atoms with E-state index in [0.29, 0.717) is 19.1 Å². The van der Waals surface area contributed by atoms with Gasteiger partial charge in [-0.1, -0.05) is 35.0 Å². The number of carbonyl (C=O) groups is 1. The molecule has 0 aromatic heterocycles. The molecule has 0 radical (unpaired) electrons. The van der Waals surface area contributed by atoms with Gasteiger partial charge >= 0.3 is 5.97 Å². The maximum Gasteiger partial charge on any atom is 0.309 e. The zero-order chi connectivity index (χ0) is 12.4. The number of likely N-dealkylation sites (tertiary alicyclic amines) is 1. The molecule has 1 unspecified atom stereocenters. The van der Waals surface area contributed by atoms with Crippen LogP contribution in [-0.2, 0) is 4.79 Å². The van der Waals surface area contributed by atoms with Gasteiger partial charge in [0.2, 0.25) is 0 Å². The van der Waals surface area contributed by atoms with Crippen molar-refractivity contribution >= 4 is 21.9 Å². The molecule has 1 aromatic carbocycles. The topological polar surface area (TPSA) is 40.5 Å². The van der Waals surface area contributed by atoms with Crippen molar-refractivity contribution in [3.05, 3.63) is 34.3 Å². The van der Waals surface area contributed by atoms with E-state index in [2.05, 4.69) is 39.9 Å². The summed E-state index contributed by atoms with van der Waals surface area (Å²) < 4.78 is 1.07. The SMILES string of the molecule is CCC(c1cccc(Br)c1)N1CC(C(=O)O)C1. The molecule has 2 rings (SSSR count). The van der Waals surface area contributed by atoms with Crippen molar-refractivity contribution in [2.75, 3.05) is 13.1 Å². The number of aliphatic carboxylic acids is 1. The molecule has 1 aliphatic heterocycles. The maximum atomic E-state index is 10.8. The Hall–Kier alpha value is -0.870. The van der Waals surface area contributed by atoms with Crippen LogP contribution >= 0.6 is 15.9 Å². The van der Waals surface area contributed by atoms with Crippen LogP contribution in [0.1, 0.15) is 24.9 Å². The molecular weight excluding hydrogens is 282 g/mol. The minimum atomic E-state index is -0.676. The van der Waals surface area contributed by atoms with E-state index in [9.17, 15) is 4.79 Å².